The quantitative estimate of drug-likeness (QED) is 0.814. The molecule has 0 amide bonds. The van der Waals surface area contributed by atoms with Crippen molar-refractivity contribution in [2.75, 3.05) is 13.7 Å². The smallest absolute Gasteiger partial charge is 0.435 e. The second kappa shape index (κ2) is 8.21. The molecule has 2 aromatic rings. The number of halogens is 4. The Morgan fingerprint density at radius 3 is 2.70 bits per heavy atom. The molecule has 0 aliphatic rings. The zero-order valence-corrected chi connectivity index (χ0v) is 13.7. The van der Waals surface area contributed by atoms with Gasteiger partial charge in [-0.25, -0.2) is 0 Å². The number of hydrogen-bond donors (Lipinski definition) is 1. The number of hydrogen-bond acceptors (Lipinski definition) is 3. The first kappa shape index (κ1) is 19.3. The summed E-state index contributed by atoms with van der Waals surface area (Å²) in [6.07, 6.45) is -2.33. The van der Waals surface area contributed by atoms with Crippen LogP contribution in [0.4, 0.5) is 13.2 Å². The van der Waals surface area contributed by atoms with E-state index in [0.29, 0.717) is 13.0 Å². The highest BCUT2D eigenvalue weighted by atomic mass is 35.5. The van der Waals surface area contributed by atoms with Crippen LogP contribution in [0.25, 0.3) is 0 Å². The summed E-state index contributed by atoms with van der Waals surface area (Å²) in [5.74, 6) is 0.768. The molecule has 0 saturated heterocycles. The number of benzene rings is 1. The summed E-state index contributed by atoms with van der Waals surface area (Å²) in [5.41, 5.74) is 0.388. The van der Waals surface area contributed by atoms with Gasteiger partial charge in [0.2, 0.25) is 0 Å². The maximum Gasteiger partial charge on any atom is 0.435 e. The van der Waals surface area contributed by atoms with Gasteiger partial charge >= 0.3 is 6.18 Å². The molecule has 0 unspecified atom stereocenters. The van der Waals surface area contributed by atoms with Gasteiger partial charge in [-0.2, -0.15) is 18.3 Å². The molecule has 0 radical (unpaired) electrons. The summed E-state index contributed by atoms with van der Waals surface area (Å²) in [6.45, 7) is 0.700. The van der Waals surface area contributed by atoms with E-state index in [4.69, 9.17) is 4.74 Å². The van der Waals surface area contributed by atoms with Crippen molar-refractivity contribution < 1.29 is 17.9 Å². The number of methoxy groups -OCH3 is 1. The molecule has 1 N–H and O–H groups in total. The van der Waals surface area contributed by atoms with Crippen molar-refractivity contribution in [3.05, 3.63) is 47.3 Å². The minimum Gasteiger partial charge on any atom is -0.497 e. The molecule has 8 heteroatoms. The first-order valence-corrected chi connectivity index (χ1v) is 6.83. The molecule has 0 atom stereocenters. The van der Waals surface area contributed by atoms with Crippen molar-refractivity contribution in [3.63, 3.8) is 0 Å². The van der Waals surface area contributed by atoms with Crippen LogP contribution in [0.1, 0.15) is 16.8 Å². The van der Waals surface area contributed by atoms with E-state index in [1.54, 1.807) is 7.11 Å². The minimum atomic E-state index is -4.43. The maximum atomic E-state index is 12.8. The predicted molar refractivity (Wildman–Crippen MR) is 83.9 cm³/mol. The molecule has 0 bridgehead atoms. The van der Waals surface area contributed by atoms with Gasteiger partial charge in [-0.15, -0.1) is 12.4 Å². The van der Waals surface area contributed by atoms with Crippen LogP contribution < -0.4 is 10.1 Å². The van der Waals surface area contributed by atoms with E-state index in [1.807, 2.05) is 24.3 Å². The SMILES string of the molecule is COc1cccc(CCNCc2cn(C)nc2C(F)(F)F)c1.Cl. The Morgan fingerprint density at radius 1 is 1.30 bits per heavy atom. The Kier molecular flexibility index (Phi) is 6.90. The summed E-state index contributed by atoms with van der Waals surface area (Å²) >= 11 is 0. The van der Waals surface area contributed by atoms with Crippen molar-refractivity contribution >= 4 is 12.4 Å². The van der Waals surface area contributed by atoms with Crippen molar-refractivity contribution in [1.82, 2.24) is 15.1 Å². The zero-order chi connectivity index (χ0) is 16.2. The van der Waals surface area contributed by atoms with Crippen molar-refractivity contribution in [2.45, 2.75) is 19.1 Å². The van der Waals surface area contributed by atoms with Gasteiger partial charge in [-0.1, -0.05) is 12.1 Å². The Hall–Kier alpha value is -1.73. The van der Waals surface area contributed by atoms with E-state index >= 15 is 0 Å². The Morgan fingerprint density at radius 2 is 2.04 bits per heavy atom. The van der Waals surface area contributed by atoms with Crippen LogP contribution in [0.15, 0.2) is 30.5 Å². The average Bonchev–Trinajstić information content (AvgIpc) is 2.85. The minimum absolute atomic E-state index is 0. The van der Waals surface area contributed by atoms with Gasteiger partial charge in [0.05, 0.1) is 7.11 Å². The van der Waals surface area contributed by atoms with Gasteiger partial charge in [-0.3, -0.25) is 4.68 Å². The van der Waals surface area contributed by atoms with Crippen molar-refractivity contribution in [3.8, 4) is 5.75 Å². The molecule has 2 rings (SSSR count). The van der Waals surface area contributed by atoms with Crippen LogP contribution in [-0.2, 0) is 26.2 Å². The largest absolute Gasteiger partial charge is 0.497 e. The van der Waals surface area contributed by atoms with Gasteiger partial charge in [0, 0.05) is 25.4 Å². The van der Waals surface area contributed by atoms with Crippen molar-refractivity contribution in [1.29, 1.82) is 0 Å². The molecule has 0 fully saturated rings. The van der Waals surface area contributed by atoms with Crippen molar-refractivity contribution in [2.24, 2.45) is 7.05 Å². The fourth-order valence-electron chi connectivity index (χ4n) is 2.19. The third kappa shape index (κ3) is 5.44. The second-order valence-corrected chi connectivity index (χ2v) is 4.95. The third-order valence-electron chi connectivity index (χ3n) is 3.21. The fraction of sp³-hybridized carbons (Fsp3) is 0.400. The Balaban J connectivity index is 0.00000264. The van der Waals surface area contributed by atoms with Gasteiger partial charge in [0.15, 0.2) is 5.69 Å². The van der Waals surface area contributed by atoms with Crippen LogP contribution in [0.2, 0.25) is 0 Å². The number of aryl methyl sites for hydroxylation is 1. The first-order valence-electron chi connectivity index (χ1n) is 6.83. The van der Waals surface area contributed by atoms with Gasteiger partial charge < -0.3 is 10.1 Å². The highest BCUT2D eigenvalue weighted by molar-refractivity contribution is 5.85. The van der Waals surface area contributed by atoms with Gasteiger partial charge in [-0.05, 0) is 30.7 Å². The van der Waals surface area contributed by atoms with E-state index in [1.165, 1.54) is 17.9 Å². The summed E-state index contributed by atoms with van der Waals surface area (Å²) in [4.78, 5) is 0. The molecule has 0 saturated carbocycles. The molecule has 0 aliphatic carbocycles. The molecule has 1 aromatic carbocycles. The fourth-order valence-corrected chi connectivity index (χ4v) is 2.19. The number of rotatable bonds is 6. The van der Waals surface area contributed by atoms with Gasteiger partial charge in [0.1, 0.15) is 5.75 Å². The maximum absolute atomic E-state index is 12.8. The molecule has 23 heavy (non-hydrogen) atoms. The number of aromatic nitrogens is 2. The standard InChI is InChI=1S/C15H18F3N3O.ClH/c1-21-10-12(14(20-21)15(16,17)18)9-19-7-6-11-4-3-5-13(8-11)22-2;/h3-5,8,10,19H,6-7,9H2,1-2H3;1H. The lowest BCUT2D eigenvalue weighted by atomic mass is 10.1. The predicted octanol–water partition coefficient (Wildman–Crippen LogP) is 3.20. The third-order valence-corrected chi connectivity index (χ3v) is 3.21. The van der Waals surface area contributed by atoms with Crippen LogP contribution in [0, 0.1) is 0 Å². The van der Waals surface area contributed by atoms with E-state index in [2.05, 4.69) is 10.4 Å². The Bertz CT molecular complexity index is 629. The molecule has 1 heterocycles. The topological polar surface area (TPSA) is 39.1 Å². The zero-order valence-electron chi connectivity index (χ0n) is 12.9. The number of ether oxygens (including phenoxy) is 1. The van der Waals surface area contributed by atoms with Crippen LogP contribution in [0.5, 0.6) is 5.75 Å². The molecular weight excluding hydrogens is 331 g/mol. The second-order valence-electron chi connectivity index (χ2n) is 4.95. The lowest BCUT2D eigenvalue weighted by Crippen LogP contribution is -2.19. The first-order chi connectivity index (χ1) is 10.4. The lowest BCUT2D eigenvalue weighted by Gasteiger charge is -2.08. The average molecular weight is 350 g/mol. The van der Waals surface area contributed by atoms with Crippen LogP contribution in [0.3, 0.4) is 0 Å². The monoisotopic (exact) mass is 349 g/mol. The summed E-state index contributed by atoms with van der Waals surface area (Å²) in [6, 6.07) is 7.60. The molecule has 128 valence electrons. The highest BCUT2D eigenvalue weighted by Gasteiger charge is 2.36. The molecule has 4 nitrogen and oxygen atoms in total. The van der Waals surface area contributed by atoms with E-state index in [-0.39, 0.29) is 24.5 Å². The highest BCUT2D eigenvalue weighted by Crippen LogP contribution is 2.30. The normalized spacial score (nSPS) is 11.2. The van der Waals surface area contributed by atoms with E-state index < -0.39 is 11.9 Å². The summed E-state index contributed by atoms with van der Waals surface area (Å²) in [5, 5.41) is 6.50. The molecule has 0 aliphatic heterocycles. The number of nitrogens with one attached hydrogen (secondary N) is 1. The molecular formula is C15H19ClF3N3O. The van der Waals surface area contributed by atoms with E-state index in [9.17, 15) is 13.2 Å². The van der Waals surface area contributed by atoms with Crippen LogP contribution in [-0.4, -0.2) is 23.4 Å². The summed E-state index contributed by atoms with van der Waals surface area (Å²) < 4.78 is 44.7. The Labute approximate surface area is 139 Å². The lowest BCUT2D eigenvalue weighted by molar-refractivity contribution is -0.142. The molecule has 1 aromatic heterocycles. The van der Waals surface area contributed by atoms with E-state index in [0.717, 1.165) is 11.3 Å². The van der Waals surface area contributed by atoms with Crippen LogP contribution >= 0.6 is 12.4 Å². The number of alkyl halides is 3. The number of nitrogens with zero attached hydrogens (tertiary/aromatic N) is 2. The van der Waals surface area contributed by atoms with Gasteiger partial charge in [0.25, 0.3) is 0 Å². The summed E-state index contributed by atoms with van der Waals surface area (Å²) in [7, 11) is 3.08. The molecule has 0 spiro atoms.